The molecule has 0 radical (unpaired) electrons. The first-order valence-corrected chi connectivity index (χ1v) is 10.9. The van der Waals surface area contributed by atoms with Crippen LogP contribution in [0.25, 0.3) is 0 Å². The van der Waals surface area contributed by atoms with Gasteiger partial charge in [-0.15, -0.1) is 0 Å². The number of hydrogen-bond acceptors (Lipinski definition) is 3. The summed E-state index contributed by atoms with van der Waals surface area (Å²) in [5.74, 6) is -0.206. The van der Waals surface area contributed by atoms with Crippen LogP contribution in [0.3, 0.4) is 0 Å². The topological polar surface area (TPSA) is 52.7 Å². The lowest BCUT2D eigenvalue weighted by Gasteiger charge is -2.38. The van der Waals surface area contributed by atoms with Gasteiger partial charge in [0.05, 0.1) is 0 Å². The maximum Gasteiger partial charge on any atom is 0.251 e. The number of nitrogens with zero attached hydrogens (tertiary/aromatic N) is 2. The Balaban J connectivity index is 1.65. The smallest absolute Gasteiger partial charge is 0.251 e. The quantitative estimate of drug-likeness (QED) is 0.753. The molecule has 0 saturated carbocycles. The van der Waals surface area contributed by atoms with E-state index in [1.165, 1.54) is 11.3 Å². The summed E-state index contributed by atoms with van der Waals surface area (Å²) in [6, 6.07) is 14.6. The minimum atomic E-state index is -0.538. The number of aryl methyl sites for hydroxylation is 1. The Labute approximate surface area is 184 Å². The number of piperazine rings is 1. The van der Waals surface area contributed by atoms with Crippen molar-refractivity contribution in [2.45, 2.75) is 33.2 Å². The summed E-state index contributed by atoms with van der Waals surface area (Å²) in [4.78, 5) is 30.2. The van der Waals surface area contributed by atoms with Gasteiger partial charge in [-0.05, 0) is 54.8 Å². The van der Waals surface area contributed by atoms with Gasteiger partial charge >= 0.3 is 0 Å². The second kappa shape index (κ2) is 9.98. The second-order valence-electron chi connectivity index (χ2n) is 7.99. The number of hydrogen-bond donors (Lipinski definition) is 1. The van der Waals surface area contributed by atoms with Crippen LogP contribution in [0.5, 0.6) is 0 Å². The molecule has 0 bridgehead atoms. The summed E-state index contributed by atoms with van der Waals surface area (Å²) in [7, 11) is 0. The molecule has 2 amide bonds. The molecule has 0 spiro atoms. The lowest BCUT2D eigenvalue weighted by atomic mass is 9.97. The predicted octanol–water partition coefficient (Wildman–Crippen LogP) is 4.14. The Morgan fingerprint density at radius 1 is 1.07 bits per heavy atom. The molecule has 1 aliphatic rings. The van der Waals surface area contributed by atoms with Crippen LogP contribution in [-0.4, -0.2) is 48.9 Å². The Kier molecular flexibility index (Phi) is 7.38. The molecule has 2 atom stereocenters. The maximum absolute atomic E-state index is 13.3. The fourth-order valence-corrected chi connectivity index (χ4v) is 3.84. The number of anilines is 1. The number of amides is 2. The predicted molar refractivity (Wildman–Crippen MR) is 122 cm³/mol. The highest BCUT2D eigenvalue weighted by Gasteiger charge is 2.32. The summed E-state index contributed by atoms with van der Waals surface area (Å²) in [6.07, 6.45) is 0.806. The number of carbonyl (C=O) groups excluding carboxylic acids is 2. The lowest BCUT2D eigenvalue weighted by molar-refractivity contribution is -0.134. The van der Waals surface area contributed by atoms with Crippen molar-refractivity contribution < 1.29 is 9.59 Å². The van der Waals surface area contributed by atoms with Gasteiger partial charge in [0.25, 0.3) is 5.91 Å². The number of rotatable bonds is 6. The minimum absolute atomic E-state index is 0.00412. The van der Waals surface area contributed by atoms with Crippen molar-refractivity contribution in [1.29, 1.82) is 0 Å². The average molecular weight is 428 g/mol. The molecule has 3 rings (SSSR count). The van der Waals surface area contributed by atoms with Crippen molar-refractivity contribution >= 4 is 29.1 Å². The zero-order valence-corrected chi connectivity index (χ0v) is 18.7. The standard InChI is InChI=1S/C24H30ClN3O2/c1-4-18(3)22(26-23(29)19-8-10-20(25)11-9-19)24(30)28-14-12-27(13-15-28)21-7-5-6-17(2)16-21/h5-11,16,18,22H,4,12-15H2,1-3H3,(H,26,29)/t18-,22-/m0/s1. The van der Waals surface area contributed by atoms with Crippen LogP contribution in [-0.2, 0) is 4.79 Å². The highest BCUT2D eigenvalue weighted by Crippen LogP contribution is 2.20. The van der Waals surface area contributed by atoms with Crippen LogP contribution < -0.4 is 10.2 Å². The molecule has 1 fully saturated rings. The molecule has 2 aromatic carbocycles. The van der Waals surface area contributed by atoms with E-state index in [9.17, 15) is 9.59 Å². The Morgan fingerprint density at radius 3 is 2.33 bits per heavy atom. The van der Waals surface area contributed by atoms with Crippen LogP contribution in [0.15, 0.2) is 48.5 Å². The molecule has 6 heteroatoms. The molecule has 0 aliphatic carbocycles. The molecule has 2 aromatic rings. The molecule has 1 saturated heterocycles. The molecule has 1 heterocycles. The number of nitrogens with one attached hydrogen (secondary N) is 1. The highest BCUT2D eigenvalue weighted by atomic mass is 35.5. The van der Waals surface area contributed by atoms with Crippen LogP contribution in [0, 0.1) is 12.8 Å². The van der Waals surface area contributed by atoms with E-state index < -0.39 is 6.04 Å². The summed E-state index contributed by atoms with van der Waals surface area (Å²) in [5.41, 5.74) is 2.93. The van der Waals surface area contributed by atoms with Gasteiger partial charge in [0, 0.05) is 42.5 Å². The van der Waals surface area contributed by atoms with Crippen LogP contribution in [0.1, 0.15) is 36.2 Å². The van der Waals surface area contributed by atoms with Crippen molar-refractivity contribution in [1.82, 2.24) is 10.2 Å². The lowest BCUT2D eigenvalue weighted by Crippen LogP contribution is -2.56. The van der Waals surface area contributed by atoms with Crippen molar-refractivity contribution in [2.24, 2.45) is 5.92 Å². The van der Waals surface area contributed by atoms with Crippen molar-refractivity contribution in [3.8, 4) is 0 Å². The van der Waals surface area contributed by atoms with E-state index in [2.05, 4.69) is 41.4 Å². The van der Waals surface area contributed by atoms with E-state index >= 15 is 0 Å². The fraction of sp³-hybridized carbons (Fsp3) is 0.417. The first-order chi connectivity index (χ1) is 14.4. The first kappa shape index (κ1) is 22.2. The van der Waals surface area contributed by atoms with E-state index in [0.29, 0.717) is 23.7 Å². The zero-order valence-electron chi connectivity index (χ0n) is 17.9. The minimum Gasteiger partial charge on any atom is -0.368 e. The van der Waals surface area contributed by atoms with Gasteiger partial charge in [-0.25, -0.2) is 0 Å². The van der Waals surface area contributed by atoms with Gasteiger partial charge in [-0.2, -0.15) is 0 Å². The number of benzene rings is 2. The van der Waals surface area contributed by atoms with Crippen LogP contribution >= 0.6 is 11.6 Å². The summed E-state index contributed by atoms with van der Waals surface area (Å²) in [6.45, 7) is 9.00. The molecule has 1 N–H and O–H groups in total. The van der Waals surface area contributed by atoms with Gasteiger partial charge in [0.1, 0.15) is 6.04 Å². The fourth-order valence-electron chi connectivity index (χ4n) is 3.72. The van der Waals surface area contributed by atoms with Crippen molar-refractivity contribution in [3.05, 3.63) is 64.7 Å². The van der Waals surface area contributed by atoms with Crippen molar-refractivity contribution in [2.75, 3.05) is 31.1 Å². The van der Waals surface area contributed by atoms with Gasteiger partial charge in [-0.3, -0.25) is 9.59 Å². The third-order valence-corrected chi connectivity index (χ3v) is 6.08. The van der Waals surface area contributed by atoms with E-state index in [4.69, 9.17) is 11.6 Å². The van der Waals surface area contributed by atoms with E-state index in [1.807, 2.05) is 18.7 Å². The Morgan fingerprint density at radius 2 is 1.73 bits per heavy atom. The number of halogens is 1. The normalized spacial score (nSPS) is 16.1. The zero-order chi connectivity index (χ0) is 21.7. The third kappa shape index (κ3) is 5.33. The molecular formula is C24H30ClN3O2. The third-order valence-electron chi connectivity index (χ3n) is 5.83. The maximum atomic E-state index is 13.3. The summed E-state index contributed by atoms with van der Waals surface area (Å²) < 4.78 is 0. The van der Waals surface area contributed by atoms with Crippen molar-refractivity contribution in [3.63, 3.8) is 0 Å². The molecule has 5 nitrogen and oxygen atoms in total. The summed E-state index contributed by atoms with van der Waals surface area (Å²) >= 11 is 5.92. The van der Waals surface area contributed by atoms with E-state index in [-0.39, 0.29) is 17.7 Å². The second-order valence-corrected chi connectivity index (χ2v) is 8.43. The van der Waals surface area contributed by atoms with Gasteiger partial charge in [-0.1, -0.05) is 44.0 Å². The Bertz CT molecular complexity index is 876. The molecule has 1 aliphatic heterocycles. The highest BCUT2D eigenvalue weighted by molar-refractivity contribution is 6.30. The molecular weight excluding hydrogens is 398 g/mol. The van der Waals surface area contributed by atoms with Gasteiger partial charge < -0.3 is 15.1 Å². The molecule has 30 heavy (non-hydrogen) atoms. The van der Waals surface area contributed by atoms with E-state index in [1.54, 1.807) is 24.3 Å². The van der Waals surface area contributed by atoms with Gasteiger partial charge in [0.2, 0.25) is 5.91 Å². The van der Waals surface area contributed by atoms with Crippen LogP contribution in [0.4, 0.5) is 5.69 Å². The Hall–Kier alpha value is -2.53. The molecule has 0 unspecified atom stereocenters. The van der Waals surface area contributed by atoms with Crippen LogP contribution in [0.2, 0.25) is 5.02 Å². The summed E-state index contributed by atoms with van der Waals surface area (Å²) in [5, 5.41) is 3.54. The first-order valence-electron chi connectivity index (χ1n) is 10.6. The number of carbonyl (C=O) groups is 2. The SMILES string of the molecule is CC[C@H](C)[C@H](NC(=O)c1ccc(Cl)cc1)C(=O)N1CCN(c2cccc(C)c2)CC1. The monoisotopic (exact) mass is 427 g/mol. The molecule has 160 valence electrons. The van der Waals surface area contributed by atoms with Gasteiger partial charge in [0.15, 0.2) is 0 Å². The average Bonchev–Trinajstić information content (AvgIpc) is 2.77. The molecule has 0 aromatic heterocycles. The largest absolute Gasteiger partial charge is 0.368 e. The van der Waals surface area contributed by atoms with E-state index in [0.717, 1.165) is 19.5 Å².